The van der Waals surface area contributed by atoms with Crippen molar-refractivity contribution in [3.8, 4) is 5.88 Å². The van der Waals surface area contributed by atoms with Crippen molar-refractivity contribution in [3.63, 3.8) is 0 Å². The summed E-state index contributed by atoms with van der Waals surface area (Å²) in [7, 11) is -3.58. The average molecular weight is 337 g/mol. The Kier molecular flexibility index (Phi) is 3.41. The van der Waals surface area contributed by atoms with Gasteiger partial charge in [0.25, 0.3) is 0 Å². The summed E-state index contributed by atoms with van der Waals surface area (Å²) in [5.74, 6) is 0.195. The van der Waals surface area contributed by atoms with Crippen molar-refractivity contribution in [1.29, 1.82) is 0 Å². The second-order valence-electron chi connectivity index (χ2n) is 5.46. The molecule has 1 N–H and O–H groups in total. The van der Waals surface area contributed by atoms with E-state index in [0.717, 1.165) is 6.54 Å². The topological polar surface area (TPSA) is 71.5 Å². The molecule has 2 aliphatic rings. The van der Waals surface area contributed by atoms with Gasteiger partial charge in [-0.25, -0.2) is 18.1 Å². The second-order valence-corrected chi connectivity index (χ2v) is 8.18. The molecule has 116 valence electrons. The van der Waals surface area contributed by atoms with E-state index in [-0.39, 0.29) is 22.9 Å². The maximum Gasteiger partial charge on any atom is 0.246 e. The average Bonchev–Trinajstić information content (AvgIpc) is 3.08. The maximum atomic E-state index is 12.4. The molecule has 2 aliphatic heterocycles. The van der Waals surface area contributed by atoms with Gasteiger partial charge in [-0.2, -0.15) is 0 Å². The molecule has 1 saturated heterocycles. The van der Waals surface area contributed by atoms with Gasteiger partial charge in [0.15, 0.2) is 0 Å². The van der Waals surface area contributed by atoms with Crippen LogP contribution >= 0.6 is 11.3 Å². The highest BCUT2D eigenvalue weighted by Crippen LogP contribution is 2.29. The molecule has 8 heteroatoms. The summed E-state index contributed by atoms with van der Waals surface area (Å²) >= 11 is 1.70. The van der Waals surface area contributed by atoms with E-state index in [1.165, 1.54) is 10.9 Å². The molecule has 1 fully saturated rings. The van der Waals surface area contributed by atoms with E-state index in [1.807, 2.05) is 11.4 Å². The standard InChI is InChI=1S/C14H15N3O3S2/c18-22(19)13-4-1-5-15-14(13)20-12-9-17(8-11(12)16-22)7-10-3-2-6-21-10/h1-6,11-12,16H,7-9H2/t11-,12+/m1/s1. The summed E-state index contributed by atoms with van der Waals surface area (Å²) in [4.78, 5) is 7.67. The molecule has 0 aliphatic carbocycles. The molecule has 2 aromatic rings. The number of hydrogen-bond acceptors (Lipinski definition) is 6. The van der Waals surface area contributed by atoms with Gasteiger partial charge in [-0.15, -0.1) is 11.3 Å². The lowest BCUT2D eigenvalue weighted by Crippen LogP contribution is -2.42. The van der Waals surface area contributed by atoms with E-state index in [0.29, 0.717) is 13.1 Å². The first-order valence-electron chi connectivity index (χ1n) is 7.00. The number of thiophene rings is 1. The van der Waals surface area contributed by atoms with Crippen LogP contribution in [0.3, 0.4) is 0 Å². The van der Waals surface area contributed by atoms with E-state index in [4.69, 9.17) is 4.74 Å². The van der Waals surface area contributed by atoms with Crippen molar-refractivity contribution in [2.75, 3.05) is 13.1 Å². The summed E-state index contributed by atoms with van der Waals surface area (Å²) in [5.41, 5.74) is 0. The van der Waals surface area contributed by atoms with Gasteiger partial charge in [0.05, 0.1) is 6.04 Å². The second kappa shape index (κ2) is 5.31. The number of aromatic nitrogens is 1. The third kappa shape index (κ3) is 2.52. The largest absolute Gasteiger partial charge is 0.470 e. The van der Waals surface area contributed by atoms with Gasteiger partial charge in [0.2, 0.25) is 15.9 Å². The minimum Gasteiger partial charge on any atom is -0.470 e. The first kappa shape index (κ1) is 14.1. The first-order chi connectivity index (χ1) is 10.6. The molecule has 0 bridgehead atoms. The fourth-order valence-corrected chi connectivity index (χ4v) is 5.00. The van der Waals surface area contributed by atoms with E-state index < -0.39 is 10.0 Å². The predicted molar refractivity (Wildman–Crippen MR) is 82.4 cm³/mol. The third-order valence-electron chi connectivity index (χ3n) is 3.90. The van der Waals surface area contributed by atoms with Crippen molar-refractivity contribution in [3.05, 3.63) is 40.7 Å². The summed E-state index contributed by atoms with van der Waals surface area (Å²) in [5, 5.41) is 2.04. The lowest BCUT2D eigenvalue weighted by molar-refractivity contribution is 0.177. The van der Waals surface area contributed by atoms with Crippen LogP contribution in [-0.4, -0.2) is 43.5 Å². The summed E-state index contributed by atoms with van der Waals surface area (Å²) in [6, 6.07) is 6.98. The molecule has 2 atom stereocenters. The van der Waals surface area contributed by atoms with Gasteiger partial charge < -0.3 is 4.74 Å². The zero-order valence-corrected chi connectivity index (χ0v) is 13.3. The number of fused-ring (bicyclic) bond motifs is 2. The number of pyridine rings is 1. The molecule has 0 saturated carbocycles. The Balaban J connectivity index is 1.59. The van der Waals surface area contributed by atoms with Crippen LogP contribution < -0.4 is 9.46 Å². The zero-order valence-electron chi connectivity index (χ0n) is 11.7. The Labute approximate surface area is 132 Å². The molecule has 4 heterocycles. The summed E-state index contributed by atoms with van der Waals surface area (Å²) < 4.78 is 33.5. The highest BCUT2D eigenvalue weighted by molar-refractivity contribution is 7.89. The molecule has 2 aromatic heterocycles. The SMILES string of the molecule is O=S1(=O)N[C@@H]2CN(Cc3cccs3)C[C@@H]2Oc2ncccc21. The van der Waals surface area contributed by atoms with Crippen LogP contribution in [0.2, 0.25) is 0 Å². The Hall–Kier alpha value is -1.48. The van der Waals surface area contributed by atoms with Crippen LogP contribution in [0.4, 0.5) is 0 Å². The minimum absolute atomic E-state index is 0.120. The Morgan fingerprint density at radius 2 is 2.27 bits per heavy atom. The highest BCUT2D eigenvalue weighted by Gasteiger charge is 2.41. The van der Waals surface area contributed by atoms with E-state index >= 15 is 0 Å². The van der Waals surface area contributed by atoms with Gasteiger partial charge >= 0.3 is 0 Å². The van der Waals surface area contributed by atoms with Crippen molar-refractivity contribution >= 4 is 21.4 Å². The number of hydrogen-bond donors (Lipinski definition) is 1. The van der Waals surface area contributed by atoms with Crippen LogP contribution in [0.1, 0.15) is 4.88 Å². The maximum absolute atomic E-state index is 12.4. The predicted octanol–water partition coefficient (Wildman–Crippen LogP) is 1.07. The van der Waals surface area contributed by atoms with Crippen LogP contribution in [0.25, 0.3) is 0 Å². The lowest BCUT2D eigenvalue weighted by atomic mass is 10.2. The first-order valence-corrected chi connectivity index (χ1v) is 9.37. The van der Waals surface area contributed by atoms with Crippen LogP contribution in [-0.2, 0) is 16.6 Å². The fraction of sp³-hybridized carbons (Fsp3) is 0.357. The number of nitrogens with one attached hydrogen (secondary N) is 1. The van der Waals surface area contributed by atoms with Gasteiger partial charge in [-0.3, -0.25) is 4.90 Å². The van der Waals surface area contributed by atoms with Crippen molar-refractivity contribution in [1.82, 2.24) is 14.6 Å². The molecular weight excluding hydrogens is 322 g/mol. The Morgan fingerprint density at radius 1 is 1.36 bits per heavy atom. The number of likely N-dealkylation sites (tertiary alicyclic amines) is 1. The summed E-state index contributed by atoms with van der Waals surface area (Å²) in [6.45, 7) is 2.13. The lowest BCUT2D eigenvalue weighted by Gasteiger charge is -2.15. The van der Waals surface area contributed by atoms with Crippen LogP contribution in [0.15, 0.2) is 40.7 Å². The molecule has 0 spiro atoms. The number of nitrogens with zero attached hydrogens (tertiary/aromatic N) is 2. The van der Waals surface area contributed by atoms with Gasteiger partial charge in [-0.1, -0.05) is 6.07 Å². The minimum atomic E-state index is -3.58. The van der Waals surface area contributed by atoms with Crippen molar-refractivity contribution in [2.45, 2.75) is 23.6 Å². The van der Waals surface area contributed by atoms with Gasteiger partial charge in [0, 0.05) is 30.7 Å². The Bertz CT molecular complexity index is 776. The molecule has 22 heavy (non-hydrogen) atoms. The molecule has 0 unspecified atom stereocenters. The molecule has 4 rings (SSSR count). The van der Waals surface area contributed by atoms with Crippen LogP contribution in [0.5, 0.6) is 5.88 Å². The highest BCUT2D eigenvalue weighted by atomic mass is 32.2. The van der Waals surface area contributed by atoms with Crippen molar-refractivity contribution in [2.24, 2.45) is 0 Å². The molecule has 0 radical (unpaired) electrons. The van der Waals surface area contributed by atoms with E-state index in [9.17, 15) is 8.42 Å². The number of ether oxygens (including phenoxy) is 1. The molecule has 0 amide bonds. The van der Waals surface area contributed by atoms with E-state index in [1.54, 1.807) is 23.6 Å². The normalized spacial score (nSPS) is 26.7. The van der Waals surface area contributed by atoms with Gasteiger partial charge in [-0.05, 0) is 23.6 Å². The van der Waals surface area contributed by atoms with E-state index in [2.05, 4.69) is 20.7 Å². The monoisotopic (exact) mass is 337 g/mol. The quantitative estimate of drug-likeness (QED) is 0.887. The third-order valence-corrected chi connectivity index (χ3v) is 6.26. The Morgan fingerprint density at radius 3 is 3.09 bits per heavy atom. The molecule has 0 aromatic carbocycles. The van der Waals surface area contributed by atoms with Gasteiger partial charge in [0.1, 0.15) is 11.0 Å². The number of sulfonamides is 1. The smallest absolute Gasteiger partial charge is 0.246 e. The fourth-order valence-electron chi connectivity index (χ4n) is 2.91. The zero-order chi connectivity index (χ0) is 15.2. The summed E-state index contributed by atoms with van der Waals surface area (Å²) in [6.07, 6.45) is 1.33. The molecular formula is C14H15N3O3S2. The van der Waals surface area contributed by atoms with Crippen molar-refractivity contribution < 1.29 is 13.2 Å². The molecule has 6 nitrogen and oxygen atoms in total. The van der Waals surface area contributed by atoms with Crippen LogP contribution in [0, 0.1) is 0 Å². The number of rotatable bonds is 2.